The maximum Gasteiger partial charge on any atom is 0.240 e. The summed E-state index contributed by atoms with van der Waals surface area (Å²) in [5.41, 5.74) is 3.22. The third-order valence-corrected chi connectivity index (χ3v) is 2.26. The molecular formula is C14H20N2O. The minimum absolute atomic E-state index is 0.629. The van der Waals surface area contributed by atoms with Gasteiger partial charge in [0.25, 0.3) is 0 Å². The zero-order chi connectivity index (χ0) is 12.7. The molecule has 0 saturated carbocycles. The molecule has 2 aromatic rings. The first kappa shape index (κ1) is 13.3. The van der Waals surface area contributed by atoms with Crippen LogP contribution in [0.4, 0.5) is 0 Å². The van der Waals surface area contributed by atoms with Crippen molar-refractivity contribution < 1.29 is 4.74 Å². The number of ether oxygens (including phenoxy) is 1. The van der Waals surface area contributed by atoms with Crippen molar-refractivity contribution in [1.29, 1.82) is 0 Å². The lowest BCUT2D eigenvalue weighted by Gasteiger charge is -2.03. The van der Waals surface area contributed by atoms with Crippen LogP contribution in [-0.2, 0) is 0 Å². The molecule has 1 N–H and O–H groups in total. The van der Waals surface area contributed by atoms with E-state index in [1.807, 2.05) is 45.9 Å². The average Bonchev–Trinajstić information content (AvgIpc) is 2.75. The average molecular weight is 232 g/mol. The molecule has 0 fully saturated rings. The van der Waals surface area contributed by atoms with Gasteiger partial charge in [-0.1, -0.05) is 44.2 Å². The number of hydrogen-bond acceptors (Lipinski definition) is 2. The Kier molecular flexibility index (Phi) is 5.27. The molecule has 0 radical (unpaired) electrons. The van der Waals surface area contributed by atoms with Crippen LogP contribution in [0.5, 0.6) is 5.88 Å². The van der Waals surface area contributed by atoms with Crippen LogP contribution in [-0.4, -0.2) is 16.8 Å². The topological polar surface area (TPSA) is 37.9 Å². The van der Waals surface area contributed by atoms with E-state index in [-0.39, 0.29) is 0 Å². The zero-order valence-corrected chi connectivity index (χ0v) is 10.9. The van der Waals surface area contributed by atoms with Crippen molar-refractivity contribution in [1.82, 2.24) is 10.2 Å². The Labute approximate surface area is 103 Å². The highest BCUT2D eigenvalue weighted by molar-refractivity contribution is 5.70. The molecule has 0 unspecified atom stereocenters. The lowest BCUT2D eigenvalue weighted by Crippen LogP contribution is -1.93. The van der Waals surface area contributed by atoms with Crippen molar-refractivity contribution >= 4 is 0 Å². The fourth-order valence-electron chi connectivity index (χ4n) is 1.59. The number of aryl methyl sites for hydroxylation is 1. The largest absolute Gasteiger partial charge is 0.476 e. The summed E-state index contributed by atoms with van der Waals surface area (Å²) in [4.78, 5) is 0. The van der Waals surface area contributed by atoms with Gasteiger partial charge in [-0.15, -0.1) is 5.10 Å². The minimum Gasteiger partial charge on any atom is -0.476 e. The Bertz CT molecular complexity index is 435. The molecule has 0 aliphatic heterocycles. The standard InChI is InChI=1S/C12H14N2O.C2H6/c1-3-15-12-11(9(2)13-14-12)10-7-5-4-6-8-10;1-2/h4-8H,3H2,1-2H3,(H,13,14);1-2H3. The molecular weight excluding hydrogens is 212 g/mol. The van der Waals surface area contributed by atoms with Gasteiger partial charge in [-0.3, -0.25) is 5.10 Å². The van der Waals surface area contributed by atoms with Crippen LogP contribution in [0.15, 0.2) is 30.3 Å². The van der Waals surface area contributed by atoms with E-state index in [0.29, 0.717) is 12.5 Å². The maximum absolute atomic E-state index is 5.47. The Morgan fingerprint density at radius 2 is 1.82 bits per heavy atom. The first-order chi connectivity index (χ1) is 8.33. The highest BCUT2D eigenvalue weighted by atomic mass is 16.5. The van der Waals surface area contributed by atoms with Crippen LogP contribution in [0.25, 0.3) is 11.1 Å². The highest BCUT2D eigenvalue weighted by Gasteiger charge is 2.12. The predicted octanol–water partition coefficient (Wildman–Crippen LogP) is 3.81. The number of aromatic nitrogens is 2. The van der Waals surface area contributed by atoms with Crippen LogP contribution in [0.2, 0.25) is 0 Å². The number of benzene rings is 1. The van der Waals surface area contributed by atoms with Crippen LogP contribution in [0, 0.1) is 6.92 Å². The van der Waals surface area contributed by atoms with Crippen molar-refractivity contribution in [3.63, 3.8) is 0 Å². The van der Waals surface area contributed by atoms with Gasteiger partial charge in [0.05, 0.1) is 12.2 Å². The van der Waals surface area contributed by atoms with Crippen LogP contribution < -0.4 is 4.74 Å². The van der Waals surface area contributed by atoms with Crippen LogP contribution in [0.1, 0.15) is 26.5 Å². The number of nitrogens with one attached hydrogen (secondary N) is 1. The third kappa shape index (κ3) is 3.09. The van der Waals surface area contributed by atoms with E-state index in [1.165, 1.54) is 0 Å². The van der Waals surface area contributed by atoms with Gasteiger partial charge in [-0.25, -0.2) is 0 Å². The lowest BCUT2D eigenvalue weighted by atomic mass is 10.1. The summed E-state index contributed by atoms with van der Waals surface area (Å²) in [6.45, 7) is 8.58. The Balaban J connectivity index is 0.000000686. The van der Waals surface area contributed by atoms with E-state index < -0.39 is 0 Å². The molecule has 92 valence electrons. The Hall–Kier alpha value is -1.77. The van der Waals surface area contributed by atoms with E-state index in [1.54, 1.807) is 0 Å². The summed E-state index contributed by atoms with van der Waals surface area (Å²) in [6.07, 6.45) is 0. The smallest absolute Gasteiger partial charge is 0.240 e. The van der Waals surface area contributed by atoms with E-state index >= 15 is 0 Å². The van der Waals surface area contributed by atoms with Crippen molar-refractivity contribution in [2.45, 2.75) is 27.7 Å². The summed E-state index contributed by atoms with van der Waals surface area (Å²) in [6, 6.07) is 10.1. The summed E-state index contributed by atoms with van der Waals surface area (Å²) in [5.74, 6) is 0.682. The molecule has 0 atom stereocenters. The van der Waals surface area contributed by atoms with Gasteiger partial charge in [-0.2, -0.15) is 0 Å². The molecule has 3 heteroatoms. The van der Waals surface area contributed by atoms with Crippen LogP contribution in [0.3, 0.4) is 0 Å². The molecule has 3 nitrogen and oxygen atoms in total. The summed E-state index contributed by atoms with van der Waals surface area (Å²) < 4.78 is 5.47. The van der Waals surface area contributed by atoms with Gasteiger partial charge in [0.2, 0.25) is 5.88 Å². The van der Waals surface area contributed by atoms with Gasteiger partial charge in [0.15, 0.2) is 0 Å². The lowest BCUT2D eigenvalue weighted by molar-refractivity contribution is 0.327. The summed E-state index contributed by atoms with van der Waals surface area (Å²) >= 11 is 0. The van der Waals surface area contributed by atoms with Crippen molar-refractivity contribution in [2.75, 3.05) is 6.61 Å². The van der Waals surface area contributed by atoms with E-state index in [4.69, 9.17) is 4.74 Å². The van der Waals surface area contributed by atoms with Gasteiger partial charge in [-0.05, 0) is 19.4 Å². The number of aromatic amines is 1. The molecule has 1 aromatic carbocycles. The quantitative estimate of drug-likeness (QED) is 0.873. The second-order valence-corrected chi connectivity index (χ2v) is 3.33. The second-order valence-electron chi connectivity index (χ2n) is 3.33. The summed E-state index contributed by atoms with van der Waals surface area (Å²) in [5, 5.41) is 7.08. The molecule has 1 aromatic heterocycles. The maximum atomic E-state index is 5.47. The third-order valence-electron chi connectivity index (χ3n) is 2.26. The minimum atomic E-state index is 0.629. The van der Waals surface area contributed by atoms with Gasteiger partial charge in [0.1, 0.15) is 0 Å². The number of rotatable bonds is 3. The summed E-state index contributed by atoms with van der Waals surface area (Å²) in [7, 11) is 0. The number of nitrogens with zero attached hydrogens (tertiary/aromatic N) is 1. The molecule has 0 spiro atoms. The SMILES string of the molecule is CC.CCOc1n[nH]c(C)c1-c1ccccc1. The fourth-order valence-corrected chi connectivity index (χ4v) is 1.59. The molecule has 0 bridgehead atoms. The zero-order valence-electron chi connectivity index (χ0n) is 10.9. The number of H-pyrrole nitrogens is 1. The second kappa shape index (κ2) is 6.74. The van der Waals surface area contributed by atoms with Crippen molar-refractivity contribution in [3.05, 3.63) is 36.0 Å². The monoisotopic (exact) mass is 232 g/mol. The van der Waals surface area contributed by atoms with E-state index in [0.717, 1.165) is 16.8 Å². The normalized spacial score (nSPS) is 9.41. The highest BCUT2D eigenvalue weighted by Crippen LogP contribution is 2.30. The van der Waals surface area contributed by atoms with Gasteiger partial charge < -0.3 is 4.74 Å². The van der Waals surface area contributed by atoms with Crippen LogP contribution >= 0.6 is 0 Å². The molecule has 0 amide bonds. The molecule has 0 aliphatic rings. The molecule has 17 heavy (non-hydrogen) atoms. The molecule has 0 saturated heterocycles. The van der Waals surface area contributed by atoms with Crippen molar-refractivity contribution in [2.24, 2.45) is 0 Å². The first-order valence-electron chi connectivity index (χ1n) is 6.06. The fraction of sp³-hybridized carbons (Fsp3) is 0.357. The van der Waals surface area contributed by atoms with Gasteiger partial charge >= 0.3 is 0 Å². The predicted molar refractivity (Wildman–Crippen MR) is 71.3 cm³/mol. The number of hydrogen-bond donors (Lipinski definition) is 1. The molecule has 2 rings (SSSR count). The van der Waals surface area contributed by atoms with Crippen molar-refractivity contribution in [3.8, 4) is 17.0 Å². The van der Waals surface area contributed by atoms with E-state index in [9.17, 15) is 0 Å². The Morgan fingerprint density at radius 1 is 1.18 bits per heavy atom. The van der Waals surface area contributed by atoms with E-state index in [2.05, 4.69) is 22.3 Å². The Morgan fingerprint density at radius 3 is 2.41 bits per heavy atom. The first-order valence-corrected chi connectivity index (χ1v) is 6.06. The van der Waals surface area contributed by atoms with Gasteiger partial charge in [0, 0.05) is 5.69 Å². The molecule has 0 aliphatic carbocycles. The molecule has 1 heterocycles.